The van der Waals surface area contributed by atoms with Gasteiger partial charge in [0.15, 0.2) is 0 Å². The molecule has 0 heterocycles. The fourth-order valence-electron chi connectivity index (χ4n) is 1.42. The summed E-state index contributed by atoms with van der Waals surface area (Å²) in [5.74, 6) is -1.25. The standard InChI is InChI=1S/C11H9F3N2O2/c12-11(13,14)8-4-2-1-3-7(8)9(5-15)16-6-10(17)18/h1-4,9,16H,6H2,(H,17,18). The van der Waals surface area contributed by atoms with Crippen molar-refractivity contribution < 1.29 is 23.1 Å². The van der Waals surface area contributed by atoms with Gasteiger partial charge in [0.25, 0.3) is 0 Å². The first-order valence-electron chi connectivity index (χ1n) is 4.87. The molecule has 1 rings (SSSR count). The third-order valence-electron chi connectivity index (χ3n) is 2.16. The van der Waals surface area contributed by atoms with E-state index in [1.165, 1.54) is 12.1 Å². The molecule has 4 nitrogen and oxygen atoms in total. The molecule has 96 valence electrons. The van der Waals surface area contributed by atoms with Gasteiger partial charge >= 0.3 is 12.1 Å². The summed E-state index contributed by atoms with van der Waals surface area (Å²) in [5.41, 5.74) is -1.23. The van der Waals surface area contributed by atoms with E-state index in [2.05, 4.69) is 5.32 Å². The zero-order valence-electron chi connectivity index (χ0n) is 9.03. The molecule has 0 aromatic heterocycles. The summed E-state index contributed by atoms with van der Waals surface area (Å²) in [5, 5.41) is 19.5. The number of aliphatic carboxylic acids is 1. The van der Waals surface area contributed by atoms with Crippen LogP contribution in [-0.4, -0.2) is 17.6 Å². The van der Waals surface area contributed by atoms with Crippen LogP contribution in [0.1, 0.15) is 17.2 Å². The number of rotatable bonds is 4. The Hall–Kier alpha value is -2.07. The Bertz CT molecular complexity index is 480. The Morgan fingerprint density at radius 2 is 2.06 bits per heavy atom. The van der Waals surface area contributed by atoms with E-state index in [1.54, 1.807) is 6.07 Å². The van der Waals surface area contributed by atoms with Gasteiger partial charge in [0, 0.05) is 0 Å². The van der Waals surface area contributed by atoms with Gasteiger partial charge in [-0.25, -0.2) is 0 Å². The second-order valence-electron chi connectivity index (χ2n) is 3.42. The van der Waals surface area contributed by atoms with Crippen molar-refractivity contribution in [3.05, 3.63) is 35.4 Å². The fraction of sp³-hybridized carbons (Fsp3) is 0.273. The predicted octanol–water partition coefficient (Wildman–Crippen LogP) is 1.94. The number of halogens is 3. The molecule has 2 N–H and O–H groups in total. The van der Waals surface area contributed by atoms with Crippen LogP contribution in [-0.2, 0) is 11.0 Å². The summed E-state index contributed by atoms with van der Waals surface area (Å²) in [6, 6.07) is 4.85. The molecule has 1 aromatic carbocycles. The summed E-state index contributed by atoms with van der Waals surface area (Å²) in [6.45, 7) is -0.593. The van der Waals surface area contributed by atoms with E-state index in [9.17, 15) is 18.0 Å². The maximum absolute atomic E-state index is 12.7. The lowest BCUT2D eigenvalue weighted by Gasteiger charge is -2.16. The number of benzene rings is 1. The topological polar surface area (TPSA) is 73.1 Å². The average Bonchev–Trinajstić information content (AvgIpc) is 2.29. The number of alkyl halides is 3. The molecule has 18 heavy (non-hydrogen) atoms. The summed E-state index contributed by atoms with van der Waals surface area (Å²) in [7, 11) is 0. The number of nitrogens with one attached hydrogen (secondary N) is 1. The van der Waals surface area contributed by atoms with E-state index in [0.29, 0.717) is 0 Å². The number of carbonyl (C=O) groups is 1. The highest BCUT2D eigenvalue weighted by molar-refractivity contribution is 5.69. The summed E-state index contributed by atoms with van der Waals surface area (Å²) < 4.78 is 38.1. The van der Waals surface area contributed by atoms with E-state index in [-0.39, 0.29) is 5.56 Å². The normalized spacial score (nSPS) is 12.8. The van der Waals surface area contributed by atoms with Gasteiger partial charge in [-0.2, -0.15) is 18.4 Å². The summed E-state index contributed by atoms with van der Waals surface area (Å²) in [4.78, 5) is 10.3. The third kappa shape index (κ3) is 3.46. The van der Waals surface area contributed by atoms with Gasteiger partial charge in [0.1, 0.15) is 6.04 Å². The molecule has 1 atom stereocenters. The van der Waals surface area contributed by atoms with Crippen LogP contribution in [0.3, 0.4) is 0 Å². The number of carboxylic acid groups (broad SMARTS) is 1. The number of nitrogens with zero attached hydrogens (tertiary/aromatic N) is 1. The van der Waals surface area contributed by atoms with Gasteiger partial charge in [-0.1, -0.05) is 18.2 Å². The van der Waals surface area contributed by atoms with Crippen LogP contribution in [0.25, 0.3) is 0 Å². The number of hydrogen-bond donors (Lipinski definition) is 2. The van der Waals surface area contributed by atoms with Gasteiger partial charge in [0.05, 0.1) is 18.2 Å². The molecular weight excluding hydrogens is 249 g/mol. The van der Waals surface area contributed by atoms with Crippen LogP contribution < -0.4 is 5.32 Å². The SMILES string of the molecule is N#CC(NCC(=O)O)c1ccccc1C(F)(F)F. The van der Waals surface area contributed by atoms with Crippen LogP contribution in [0.15, 0.2) is 24.3 Å². The van der Waals surface area contributed by atoms with Crippen molar-refractivity contribution in [2.75, 3.05) is 6.54 Å². The van der Waals surface area contributed by atoms with Crippen LogP contribution in [0, 0.1) is 11.3 Å². The highest BCUT2D eigenvalue weighted by Gasteiger charge is 2.34. The smallest absolute Gasteiger partial charge is 0.416 e. The highest BCUT2D eigenvalue weighted by atomic mass is 19.4. The van der Waals surface area contributed by atoms with Crippen LogP contribution in [0.2, 0.25) is 0 Å². The second kappa shape index (κ2) is 5.51. The van der Waals surface area contributed by atoms with E-state index in [0.717, 1.165) is 12.1 Å². The predicted molar refractivity (Wildman–Crippen MR) is 55.4 cm³/mol. The van der Waals surface area contributed by atoms with Crippen LogP contribution >= 0.6 is 0 Å². The molecule has 1 aromatic rings. The van der Waals surface area contributed by atoms with Crippen molar-refractivity contribution in [2.24, 2.45) is 0 Å². The first-order valence-corrected chi connectivity index (χ1v) is 4.87. The minimum absolute atomic E-state index is 0.284. The lowest BCUT2D eigenvalue weighted by atomic mass is 10.0. The average molecular weight is 258 g/mol. The molecule has 0 amide bonds. The van der Waals surface area contributed by atoms with Crippen molar-refractivity contribution in [1.82, 2.24) is 5.32 Å². The molecule has 0 saturated heterocycles. The van der Waals surface area contributed by atoms with Crippen molar-refractivity contribution in [2.45, 2.75) is 12.2 Å². The lowest BCUT2D eigenvalue weighted by Crippen LogP contribution is -2.28. The molecule has 0 aliphatic carbocycles. The first kappa shape index (κ1) is 14.0. The zero-order chi connectivity index (χ0) is 13.8. The second-order valence-corrected chi connectivity index (χ2v) is 3.42. The van der Waals surface area contributed by atoms with Gasteiger partial charge in [-0.05, 0) is 11.6 Å². The van der Waals surface area contributed by atoms with E-state index >= 15 is 0 Å². The molecule has 7 heteroatoms. The minimum Gasteiger partial charge on any atom is -0.480 e. The highest BCUT2D eigenvalue weighted by Crippen LogP contribution is 2.34. The van der Waals surface area contributed by atoms with Gasteiger partial charge in [0.2, 0.25) is 0 Å². The molecule has 0 radical (unpaired) electrons. The van der Waals surface area contributed by atoms with Crippen molar-refractivity contribution in [3.8, 4) is 6.07 Å². The van der Waals surface area contributed by atoms with Crippen LogP contribution in [0.5, 0.6) is 0 Å². The summed E-state index contributed by atoms with van der Waals surface area (Å²) >= 11 is 0. The molecule has 0 aliphatic heterocycles. The van der Waals surface area contributed by atoms with Crippen molar-refractivity contribution in [3.63, 3.8) is 0 Å². The molecule has 0 aliphatic rings. The maximum Gasteiger partial charge on any atom is 0.416 e. The number of hydrogen-bond acceptors (Lipinski definition) is 3. The Morgan fingerprint density at radius 1 is 1.44 bits per heavy atom. The Labute approximate surface area is 101 Å². The molecule has 0 saturated carbocycles. The lowest BCUT2D eigenvalue weighted by molar-refractivity contribution is -0.138. The Morgan fingerprint density at radius 3 is 2.56 bits per heavy atom. The molecule has 0 bridgehead atoms. The van der Waals surface area contributed by atoms with Crippen molar-refractivity contribution >= 4 is 5.97 Å². The molecule has 0 spiro atoms. The number of nitriles is 1. The third-order valence-corrected chi connectivity index (χ3v) is 2.16. The van der Waals surface area contributed by atoms with Crippen LogP contribution in [0.4, 0.5) is 13.2 Å². The number of carboxylic acids is 1. The zero-order valence-corrected chi connectivity index (χ0v) is 9.03. The first-order chi connectivity index (χ1) is 8.36. The largest absolute Gasteiger partial charge is 0.480 e. The Balaban J connectivity index is 3.07. The van der Waals surface area contributed by atoms with Gasteiger partial charge in [-0.3, -0.25) is 10.1 Å². The Kier molecular flexibility index (Phi) is 4.28. The van der Waals surface area contributed by atoms with E-state index in [1.807, 2.05) is 0 Å². The monoisotopic (exact) mass is 258 g/mol. The molecular formula is C11H9F3N2O2. The minimum atomic E-state index is -4.59. The quantitative estimate of drug-likeness (QED) is 0.865. The van der Waals surface area contributed by atoms with Gasteiger partial charge in [-0.15, -0.1) is 0 Å². The van der Waals surface area contributed by atoms with Crippen molar-refractivity contribution in [1.29, 1.82) is 5.26 Å². The molecule has 1 unspecified atom stereocenters. The van der Waals surface area contributed by atoms with Gasteiger partial charge < -0.3 is 5.11 Å². The maximum atomic E-state index is 12.7. The molecule has 0 fully saturated rings. The van der Waals surface area contributed by atoms with E-state index < -0.39 is 30.3 Å². The summed E-state index contributed by atoms with van der Waals surface area (Å²) in [6.07, 6.45) is -4.59. The fourth-order valence-corrected chi connectivity index (χ4v) is 1.42. The van der Waals surface area contributed by atoms with E-state index in [4.69, 9.17) is 10.4 Å².